The standard InChI is InChI=1S/C18H22N2O2/c21-17(12-3-4-12)19-14-5-7-15(8-6-14)20-18(22)16-10-11-1-2-13(16)9-11/h5-8,11-13,16H,1-4,9-10H2,(H,19,21)(H,20,22). The number of fused-ring (bicyclic) bond motifs is 2. The number of rotatable bonds is 4. The monoisotopic (exact) mass is 298 g/mol. The van der Waals surface area contributed by atoms with E-state index in [2.05, 4.69) is 10.6 Å². The quantitative estimate of drug-likeness (QED) is 0.895. The van der Waals surface area contributed by atoms with Crippen molar-refractivity contribution in [1.82, 2.24) is 0 Å². The van der Waals surface area contributed by atoms with Crippen LogP contribution in [0.2, 0.25) is 0 Å². The van der Waals surface area contributed by atoms with E-state index < -0.39 is 0 Å². The van der Waals surface area contributed by atoms with Crippen molar-refractivity contribution >= 4 is 23.2 Å². The third kappa shape index (κ3) is 2.74. The number of benzene rings is 1. The minimum Gasteiger partial charge on any atom is -0.326 e. The first-order chi connectivity index (χ1) is 10.7. The van der Waals surface area contributed by atoms with Crippen LogP contribution >= 0.6 is 0 Å². The van der Waals surface area contributed by atoms with Crippen LogP contribution < -0.4 is 10.6 Å². The Labute approximate surface area is 130 Å². The third-order valence-electron chi connectivity index (χ3n) is 5.44. The van der Waals surface area contributed by atoms with Gasteiger partial charge in [0, 0.05) is 23.2 Å². The van der Waals surface area contributed by atoms with Crippen molar-refractivity contribution in [3.8, 4) is 0 Å². The molecule has 2 amide bonds. The van der Waals surface area contributed by atoms with E-state index in [9.17, 15) is 9.59 Å². The normalized spacial score (nSPS) is 29.4. The van der Waals surface area contributed by atoms with Crippen LogP contribution in [0.1, 0.15) is 38.5 Å². The highest BCUT2D eigenvalue weighted by molar-refractivity contribution is 5.95. The zero-order valence-corrected chi connectivity index (χ0v) is 12.7. The molecular formula is C18H22N2O2. The summed E-state index contributed by atoms with van der Waals surface area (Å²) in [5, 5.41) is 5.94. The fraction of sp³-hybridized carbons (Fsp3) is 0.556. The molecule has 0 spiro atoms. The number of hydrogen-bond acceptors (Lipinski definition) is 2. The number of anilines is 2. The van der Waals surface area contributed by atoms with Crippen LogP contribution in [0.25, 0.3) is 0 Å². The predicted molar refractivity (Wildman–Crippen MR) is 85.4 cm³/mol. The second-order valence-electron chi connectivity index (χ2n) is 7.11. The van der Waals surface area contributed by atoms with Gasteiger partial charge in [-0.2, -0.15) is 0 Å². The summed E-state index contributed by atoms with van der Waals surface area (Å²) in [7, 11) is 0. The van der Waals surface area contributed by atoms with Gasteiger partial charge in [-0.1, -0.05) is 6.42 Å². The third-order valence-corrected chi connectivity index (χ3v) is 5.44. The molecule has 1 aromatic carbocycles. The van der Waals surface area contributed by atoms with E-state index in [1.165, 1.54) is 19.3 Å². The van der Waals surface area contributed by atoms with Gasteiger partial charge in [-0.05, 0) is 68.2 Å². The van der Waals surface area contributed by atoms with Gasteiger partial charge in [-0.15, -0.1) is 0 Å². The molecule has 1 aromatic rings. The van der Waals surface area contributed by atoms with Crippen LogP contribution in [0.5, 0.6) is 0 Å². The molecular weight excluding hydrogens is 276 g/mol. The van der Waals surface area contributed by atoms with Crippen LogP contribution in [0, 0.1) is 23.7 Å². The van der Waals surface area contributed by atoms with Crippen molar-refractivity contribution < 1.29 is 9.59 Å². The number of carbonyl (C=O) groups is 2. The van der Waals surface area contributed by atoms with E-state index >= 15 is 0 Å². The van der Waals surface area contributed by atoms with Gasteiger partial charge in [0.2, 0.25) is 11.8 Å². The Morgan fingerprint density at radius 3 is 1.95 bits per heavy atom. The Morgan fingerprint density at radius 2 is 1.45 bits per heavy atom. The number of carbonyl (C=O) groups excluding carboxylic acids is 2. The fourth-order valence-corrected chi connectivity index (χ4v) is 4.03. The zero-order chi connectivity index (χ0) is 15.1. The Hall–Kier alpha value is -1.84. The molecule has 2 N–H and O–H groups in total. The largest absolute Gasteiger partial charge is 0.326 e. The Balaban J connectivity index is 1.34. The first-order valence-corrected chi connectivity index (χ1v) is 8.41. The smallest absolute Gasteiger partial charge is 0.227 e. The topological polar surface area (TPSA) is 58.2 Å². The molecule has 3 saturated carbocycles. The summed E-state index contributed by atoms with van der Waals surface area (Å²) in [4.78, 5) is 24.1. The average Bonchev–Trinajstić information content (AvgIpc) is 3.17. The fourth-order valence-electron chi connectivity index (χ4n) is 4.03. The summed E-state index contributed by atoms with van der Waals surface area (Å²) in [5.74, 6) is 2.06. The molecule has 4 heteroatoms. The number of hydrogen-bond donors (Lipinski definition) is 2. The minimum absolute atomic E-state index is 0.110. The molecule has 3 aliphatic rings. The summed E-state index contributed by atoms with van der Waals surface area (Å²) in [6, 6.07) is 7.45. The van der Waals surface area contributed by atoms with E-state index in [1.54, 1.807) is 0 Å². The van der Waals surface area contributed by atoms with Gasteiger partial charge in [0.15, 0.2) is 0 Å². The van der Waals surface area contributed by atoms with E-state index in [4.69, 9.17) is 0 Å². The lowest BCUT2D eigenvalue weighted by Gasteiger charge is -2.20. The number of amides is 2. The molecule has 0 aromatic heterocycles. The van der Waals surface area contributed by atoms with Gasteiger partial charge in [0.25, 0.3) is 0 Å². The molecule has 3 fully saturated rings. The Bertz CT molecular complexity index is 592. The Morgan fingerprint density at radius 1 is 0.818 bits per heavy atom. The minimum atomic E-state index is 0.110. The van der Waals surface area contributed by atoms with Crippen molar-refractivity contribution in [2.75, 3.05) is 10.6 Å². The van der Waals surface area contributed by atoms with Crippen molar-refractivity contribution in [1.29, 1.82) is 0 Å². The molecule has 22 heavy (non-hydrogen) atoms. The molecule has 0 aliphatic heterocycles. The molecule has 2 bridgehead atoms. The van der Waals surface area contributed by atoms with Gasteiger partial charge in [-0.25, -0.2) is 0 Å². The van der Waals surface area contributed by atoms with Gasteiger partial charge in [0.1, 0.15) is 0 Å². The molecule has 0 radical (unpaired) electrons. The summed E-state index contributed by atoms with van der Waals surface area (Å²) in [6.07, 6.45) is 6.84. The highest BCUT2D eigenvalue weighted by Crippen LogP contribution is 2.48. The van der Waals surface area contributed by atoms with E-state index in [0.717, 1.165) is 36.6 Å². The molecule has 4 nitrogen and oxygen atoms in total. The maximum Gasteiger partial charge on any atom is 0.227 e. The predicted octanol–water partition coefficient (Wildman–Crippen LogP) is 3.41. The van der Waals surface area contributed by atoms with E-state index in [-0.39, 0.29) is 23.7 Å². The summed E-state index contributed by atoms with van der Waals surface area (Å²) in [5.41, 5.74) is 1.62. The molecule has 0 saturated heterocycles. The van der Waals surface area contributed by atoms with E-state index in [1.807, 2.05) is 24.3 Å². The SMILES string of the molecule is O=C(Nc1ccc(NC(=O)C2CC3CCC2C3)cc1)C1CC1. The first kappa shape index (κ1) is 13.8. The lowest BCUT2D eigenvalue weighted by molar-refractivity contribution is -0.121. The van der Waals surface area contributed by atoms with Gasteiger partial charge in [0.05, 0.1) is 0 Å². The summed E-state index contributed by atoms with van der Waals surface area (Å²) < 4.78 is 0. The van der Waals surface area contributed by atoms with E-state index in [0.29, 0.717) is 5.92 Å². The summed E-state index contributed by atoms with van der Waals surface area (Å²) >= 11 is 0. The number of nitrogens with one attached hydrogen (secondary N) is 2. The van der Waals surface area contributed by atoms with Gasteiger partial charge < -0.3 is 10.6 Å². The highest BCUT2D eigenvalue weighted by Gasteiger charge is 2.43. The van der Waals surface area contributed by atoms with Crippen LogP contribution in [0.15, 0.2) is 24.3 Å². The molecule has 3 atom stereocenters. The molecule has 116 valence electrons. The summed E-state index contributed by atoms with van der Waals surface area (Å²) in [6.45, 7) is 0. The molecule has 3 aliphatic carbocycles. The molecule has 4 rings (SSSR count). The second kappa shape index (κ2) is 5.41. The molecule has 3 unspecified atom stereocenters. The van der Waals surface area contributed by atoms with Gasteiger partial charge in [-0.3, -0.25) is 9.59 Å². The molecule has 0 heterocycles. The Kier molecular flexibility index (Phi) is 3.40. The van der Waals surface area contributed by atoms with Crippen LogP contribution in [0.3, 0.4) is 0 Å². The van der Waals surface area contributed by atoms with Crippen molar-refractivity contribution in [3.05, 3.63) is 24.3 Å². The van der Waals surface area contributed by atoms with Crippen molar-refractivity contribution in [2.45, 2.75) is 38.5 Å². The van der Waals surface area contributed by atoms with Crippen LogP contribution in [-0.2, 0) is 9.59 Å². The second-order valence-corrected chi connectivity index (χ2v) is 7.11. The lowest BCUT2D eigenvalue weighted by Crippen LogP contribution is -2.27. The van der Waals surface area contributed by atoms with Crippen molar-refractivity contribution in [2.24, 2.45) is 23.7 Å². The van der Waals surface area contributed by atoms with Crippen LogP contribution in [-0.4, -0.2) is 11.8 Å². The maximum absolute atomic E-state index is 12.4. The lowest BCUT2D eigenvalue weighted by atomic mass is 9.88. The average molecular weight is 298 g/mol. The van der Waals surface area contributed by atoms with Crippen molar-refractivity contribution in [3.63, 3.8) is 0 Å². The zero-order valence-electron chi connectivity index (χ0n) is 12.7. The maximum atomic E-state index is 12.4. The first-order valence-electron chi connectivity index (χ1n) is 8.41. The highest BCUT2D eigenvalue weighted by atomic mass is 16.2. The van der Waals surface area contributed by atoms with Crippen LogP contribution in [0.4, 0.5) is 11.4 Å². The van der Waals surface area contributed by atoms with Gasteiger partial charge >= 0.3 is 0 Å².